The first-order valence-corrected chi connectivity index (χ1v) is 6.00. The monoisotopic (exact) mass is 283 g/mol. The van der Waals surface area contributed by atoms with Crippen molar-refractivity contribution in [3.63, 3.8) is 0 Å². The van der Waals surface area contributed by atoms with Gasteiger partial charge in [-0.1, -0.05) is 0 Å². The summed E-state index contributed by atoms with van der Waals surface area (Å²) >= 11 is 0. The number of aliphatic carboxylic acids is 1. The Labute approximate surface area is 116 Å². The average molecular weight is 283 g/mol. The number of carbonyl (C=O) groups is 2. The lowest BCUT2D eigenvalue weighted by Crippen LogP contribution is -2.28. The van der Waals surface area contributed by atoms with Crippen LogP contribution in [0.2, 0.25) is 0 Å². The van der Waals surface area contributed by atoms with E-state index in [2.05, 4.69) is 4.98 Å². The van der Waals surface area contributed by atoms with Crippen LogP contribution < -0.4 is 9.47 Å². The van der Waals surface area contributed by atoms with Gasteiger partial charge in [-0.05, 0) is 6.92 Å². The zero-order valence-corrected chi connectivity index (χ0v) is 11.6. The Morgan fingerprint density at radius 3 is 2.55 bits per heavy atom. The van der Waals surface area contributed by atoms with E-state index in [1.807, 2.05) is 0 Å². The molecule has 0 radical (unpaired) electrons. The molecule has 0 bridgehead atoms. The number of rotatable bonds is 7. The van der Waals surface area contributed by atoms with E-state index in [9.17, 15) is 9.59 Å². The molecule has 0 saturated heterocycles. The molecule has 1 atom stereocenters. The predicted molar refractivity (Wildman–Crippen MR) is 68.8 cm³/mol. The maximum atomic E-state index is 11.6. The smallest absolute Gasteiger partial charge is 0.320 e. The molecular formula is C13H17NO6. The van der Waals surface area contributed by atoms with Gasteiger partial charge in [0.1, 0.15) is 0 Å². The summed E-state index contributed by atoms with van der Waals surface area (Å²) in [6, 6.07) is 1.59. The lowest BCUT2D eigenvalue weighted by Gasteiger charge is -2.14. The Morgan fingerprint density at radius 1 is 1.35 bits per heavy atom. The summed E-state index contributed by atoms with van der Waals surface area (Å²) in [5, 5.41) is 9.12. The molecule has 20 heavy (non-hydrogen) atoms. The highest BCUT2D eigenvalue weighted by atomic mass is 16.5. The molecule has 0 aliphatic heterocycles. The number of pyridine rings is 1. The summed E-state index contributed by atoms with van der Waals surface area (Å²) in [6.07, 6.45) is 1.33. The minimum Gasteiger partial charge on any atom is -0.493 e. The van der Waals surface area contributed by atoms with Crippen LogP contribution in [0.15, 0.2) is 12.3 Å². The summed E-state index contributed by atoms with van der Waals surface area (Å²) in [5.74, 6) is -2.67. The molecule has 0 fully saturated rings. The summed E-state index contributed by atoms with van der Waals surface area (Å²) in [6.45, 7) is 1.73. The largest absolute Gasteiger partial charge is 0.493 e. The minimum absolute atomic E-state index is 0.116. The molecule has 0 amide bonds. The van der Waals surface area contributed by atoms with Crippen molar-refractivity contribution in [3.05, 3.63) is 18.0 Å². The number of carboxylic acids is 1. The third-order valence-corrected chi connectivity index (χ3v) is 2.63. The van der Waals surface area contributed by atoms with Crippen LogP contribution in [0.4, 0.5) is 0 Å². The summed E-state index contributed by atoms with van der Waals surface area (Å²) in [5.41, 5.74) is 0.326. The van der Waals surface area contributed by atoms with Crippen molar-refractivity contribution < 1.29 is 28.9 Å². The van der Waals surface area contributed by atoms with Crippen LogP contribution in [0.25, 0.3) is 0 Å². The molecule has 0 aliphatic rings. The van der Waals surface area contributed by atoms with Gasteiger partial charge in [-0.25, -0.2) is 0 Å². The summed E-state index contributed by atoms with van der Waals surface area (Å²) in [4.78, 5) is 26.9. The maximum Gasteiger partial charge on any atom is 0.320 e. The topological polar surface area (TPSA) is 95.0 Å². The second kappa shape index (κ2) is 7.32. The van der Waals surface area contributed by atoms with Gasteiger partial charge < -0.3 is 19.3 Å². The minimum atomic E-state index is -1.33. The third-order valence-electron chi connectivity index (χ3n) is 2.63. The van der Waals surface area contributed by atoms with E-state index < -0.39 is 17.9 Å². The van der Waals surface area contributed by atoms with E-state index >= 15 is 0 Å². The molecule has 1 N–H and O–H groups in total. The molecule has 1 aromatic heterocycles. The molecule has 0 saturated carbocycles. The number of carbonyl (C=O) groups excluding carboxylic acids is 1. The van der Waals surface area contributed by atoms with Crippen LogP contribution in [0.3, 0.4) is 0 Å². The SMILES string of the molecule is CCOC(=O)C(Cc1nccc(OC)c1OC)C(=O)O. The lowest BCUT2D eigenvalue weighted by molar-refractivity contribution is -0.158. The molecule has 1 heterocycles. The van der Waals surface area contributed by atoms with Crippen molar-refractivity contribution in [2.45, 2.75) is 13.3 Å². The van der Waals surface area contributed by atoms with E-state index in [-0.39, 0.29) is 13.0 Å². The van der Waals surface area contributed by atoms with Crippen LogP contribution >= 0.6 is 0 Å². The Balaban J connectivity index is 3.05. The van der Waals surface area contributed by atoms with Gasteiger partial charge in [-0.2, -0.15) is 0 Å². The fourth-order valence-corrected chi connectivity index (χ4v) is 1.70. The normalized spacial score (nSPS) is 11.6. The highest BCUT2D eigenvalue weighted by Crippen LogP contribution is 2.30. The van der Waals surface area contributed by atoms with Gasteiger partial charge in [0.05, 0.1) is 26.5 Å². The van der Waals surface area contributed by atoms with Gasteiger partial charge in [0.25, 0.3) is 0 Å². The van der Waals surface area contributed by atoms with Crippen LogP contribution in [-0.4, -0.2) is 42.9 Å². The molecular weight excluding hydrogens is 266 g/mol. The molecule has 1 aromatic rings. The first-order chi connectivity index (χ1) is 9.54. The molecule has 7 heteroatoms. The maximum absolute atomic E-state index is 11.6. The molecule has 0 aromatic carbocycles. The van der Waals surface area contributed by atoms with E-state index in [0.29, 0.717) is 17.2 Å². The van der Waals surface area contributed by atoms with E-state index in [0.717, 1.165) is 0 Å². The zero-order chi connectivity index (χ0) is 15.1. The molecule has 110 valence electrons. The number of hydrogen-bond acceptors (Lipinski definition) is 6. The molecule has 1 unspecified atom stereocenters. The predicted octanol–water partition coefficient (Wildman–Crippen LogP) is 0.905. The Kier molecular flexibility index (Phi) is 5.76. The molecule has 0 spiro atoms. The molecule has 1 rings (SSSR count). The number of nitrogens with zero attached hydrogens (tertiary/aromatic N) is 1. The highest BCUT2D eigenvalue weighted by molar-refractivity contribution is 5.94. The van der Waals surface area contributed by atoms with Crippen LogP contribution in [0, 0.1) is 5.92 Å². The average Bonchev–Trinajstić information content (AvgIpc) is 2.43. The van der Waals surface area contributed by atoms with Crippen molar-refractivity contribution in [1.82, 2.24) is 4.98 Å². The number of esters is 1. The van der Waals surface area contributed by atoms with Gasteiger partial charge in [0.2, 0.25) is 0 Å². The number of carboxylic acid groups (broad SMARTS) is 1. The quantitative estimate of drug-likeness (QED) is 0.587. The number of methoxy groups -OCH3 is 2. The summed E-state index contributed by atoms with van der Waals surface area (Å²) < 4.78 is 15.0. The van der Waals surface area contributed by atoms with Gasteiger partial charge in [0, 0.05) is 18.7 Å². The van der Waals surface area contributed by atoms with Gasteiger partial charge >= 0.3 is 11.9 Å². The highest BCUT2D eigenvalue weighted by Gasteiger charge is 2.30. The van der Waals surface area contributed by atoms with Crippen LogP contribution in [-0.2, 0) is 20.7 Å². The number of ether oxygens (including phenoxy) is 3. The van der Waals surface area contributed by atoms with Crippen molar-refractivity contribution >= 4 is 11.9 Å². The third kappa shape index (κ3) is 3.59. The first kappa shape index (κ1) is 15.7. The Bertz CT molecular complexity index is 488. The van der Waals surface area contributed by atoms with Crippen molar-refractivity contribution in [1.29, 1.82) is 0 Å². The molecule has 0 aliphatic carbocycles. The Morgan fingerprint density at radius 2 is 2.05 bits per heavy atom. The lowest BCUT2D eigenvalue weighted by atomic mass is 10.0. The zero-order valence-electron chi connectivity index (χ0n) is 11.6. The Hall–Kier alpha value is -2.31. The van der Waals surface area contributed by atoms with Crippen molar-refractivity contribution in [3.8, 4) is 11.5 Å². The van der Waals surface area contributed by atoms with E-state index in [1.54, 1.807) is 13.0 Å². The van der Waals surface area contributed by atoms with Crippen molar-refractivity contribution in [2.75, 3.05) is 20.8 Å². The van der Waals surface area contributed by atoms with Crippen LogP contribution in [0.5, 0.6) is 11.5 Å². The van der Waals surface area contributed by atoms with Gasteiger partial charge in [-0.3, -0.25) is 14.6 Å². The molecule has 7 nitrogen and oxygen atoms in total. The standard InChI is InChI=1S/C13H17NO6/c1-4-20-13(17)8(12(15)16)7-9-11(19-3)10(18-2)5-6-14-9/h5-6,8H,4,7H2,1-3H3,(H,15,16). The second-order valence-corrected chi connectivity index (χ2v) is 3.84. The summed E-state index contributed by atoms with van der Waals surface area (Å²) in [7, 11) is 2.88. The van der Waals surface area contributed by atoms with E-state index in [1.165, 1.54) is 20.4 Å². The van der Waals surface area contributed by atoms with Crippen molar-refractivity contribution in [2.24, 2.45) is 5.92 Å². The fourth-order valence-electron chi connectivity index (χ4n) is 1.70. The fraction of sp³-hybridized carbons (Fsp3) is 0.462. The van der Waals surface area contributed by atoms with E-state index in [4.69, 9.17) is 19.3 Å². The van der Waals surface area contributed by atoms with Gasteiger partial charge in [-0.15, -0.1) is 0 Å². The number of hydrogen-bond donors (Lipinski definition) is 1. The number of aromatic nitrogens is 1. The van der Waals surface area contributed by atoms with Crippen LogP contribution in [0.1, 0.15) is 12.6 Å². The first-order valence-electron chi connectivity index (χ1n) is 6.00. The second-order valence-electron chi connectivity index (χ2n) is 3.84. The van der Waals surface area contributed by atoms with Gasteiger partial charge in [0.15, 0.2) is 17.4 Å².